The molecule has 1 aromatic carbocycles. The van der Waals surface area contributed by atoms with Gasteiger partial charge in [-0.1, -0.05) is 0 Å². The molecule has 9 heteroatoms. The van der Waals surface area contributed by atoms with Crippen molar-refractivity contribution in [3.63, 3.8) is 0 Å². The maximum atomic E-state index is 13.0. The summed E-state index contributed by atoms with van der Waals surface area (Å²) in [6.07, 6.45) is 0.935. The molecule has 0 bridgehead atoms. The van der Waals surface area contributed by atoms with Gasteiger partial charge in [-0.3, -0.25) is 4.79 Å². The van der Waals surface area contributed by atoms with E-state index in [0.717, 1.165) is 18.8 Å². The topological polar surface area (TPSA) is 88.2 Å². The highest BCUT2D eigenvalue weighted by Crippen LogP contribution is 2.30. The second kappa shape index (κ2) is 11.5. The third-order valence-electron chi connectivity index (χ3n) is 4.85. The number of benzene rings is 1. The SMILES string of the molecule is CCOCCCC(=O)Nc1cc(S(=O)(=O)N2CCOCC2)ccc1N(CC)CC. The third-order valence-corrected chi connectivity index (χ3v) is 6.75. The summed E-state index contributed by atoms with van der Waals surface area (Å²) in [6, 6.07) is 4.96. The summed E-state index contributed by atoms with van der Waals surface area (Å²) in [5.41, 5.74) is 1.33. The Kier molecular flexibility index (Phi) is 9.35. The fourth-order valence-electron chi connectivity index (χ4n) is 3.24. The summed E-state index contributed by atoms with van der Waals surface area (Å²) < 4.78 is 38.0. The predicted molar refractivity (Wildman–Crippen MR) is 114 cm³/mol. The Labute approximate surface area is 174 Å². The van der Waals surface area contributed by atoms with Gasteiger partial charge in [0.05, 0.1) is 29.5 Å². The van der Waals surface area contributed by atoms with Crippen LogP contribution < -0.4 is 10.2 Å². The lowest BCUT2D eigenvalue weighted by molar-refractivity contribution is -0.116. The molecule has 0 saturated carbocycles. The molecule has 1 saturated heterocycles. The van der Waals surface area contributed by atoms with Gasteiger partial charge in [0.25, 0.3) is 0 Å². The van der Waals surface area contributed by atoms with Crippen LogP contribution in [-0.2, 0) is 24.3 Å². The van der Waals surface area contributed by atoms with Crippen LogP contribution in [0.25, 0.3) is 0 Å². The number of hydrogen-bond acceptors (Lipinski definition) is 6. The molecule has 1 N–H and O–H groups in total. The summed E-state index contributed by atoms with van der Waals surface area (Å²) >= 11 is 0. The Hall–Kier alpha value is -1.68. The molecular formula is C20H33N3O5S. The molecule has 0 atom stereocenters. The lowest BCUT2D eigenvalue weighted by atomic mass is 10.2. The van der Waals surface area contributed by atoms with E-state index < -0.39 is 10.0 Å². The first kappa shape index (κ1) is 23.6. The Morgan fingerprint density at radius 1 is 1.21 bits per heavy atom. The minimum absolute atomic E-state index is 0.154. The standard InChI is InChI=1S/C20H33N3O5S/c1-4-22(5-2)19-10-9-17(29(25,26)23-11-14-28-15-12-23)16-18(19)21-20(24)8-7-13-27-6-3/h9-10,16H,4-8,11-15H2,1-3H3,(H,21,24). The average Bonchev–Trinajstić information content (AvgIpc) is 2.73. The molecule has 29 heavy (non-hydrogen) atoms. The molecule has 1 aromatic rings. The molecule has 1 aliphatic heterocycles. The monoisotopic (exact) mass is 427 g/mol. The lowest BCUT2D eigenvalue weighted by Crippen LogP contribution is -2.40. The molecule has 1 aliphatic rings. The molecule has 8 nitrogen and oxygen atoms in total. The van der Waals surface area contributed by atoms with Crippen LogP contribution in [0.15, 0.2) is 23.1 Å². The summed E-state index contributed by atoms with van der Waals surface area (Å²) in [5.74, 6) is -0.154. The number of nitrogens with one attached hydrogen (secondary N) is 1. The minimum Gasteiger partial charge on any atom is -0.382 e. The second-order valence-electron chi connectivity index (χ2n) is 6.72. The van der Waals surface area contributed by atoms with Crippen LogP contribution in [0, 0.1) is 0 Å². The fraction of sp³-hybridized carbons (Fsp3) is 0.650. The van der Waals surface area contributed by atoms with E-state index in [1.807, 2.05) is 20.8 Å². The molecule has 0 spiro atoms. The van der Waals surface area contributed by atoms with Crippen LogP contribution in [0.2, 0.25) is 0 Å². The maximum Gasteiger partial charge on any atom is 0.243 e. The van der Waals surface area contributed by atoms with E-state index in [4.69, 9.17) is 9.47 Å². The molecule has 1 heterocycles. The van der Waals surface area contributed by atoms with Crippen molar-refractivity contribution in [3.8, 4) is 0 Å². The minimum atomic E-state index is -3.64. The van der Waals surface area contributed by atoms with E-state index in [9.17, 15) is 13.2 Å². The maximum absolute atomic E-state index is 13.0. The highest BCUT2D eigenvalue weighted by atomic mass is 32.2. The highest BCUT2D eigenvalue weighted by molar-refractivity contribution is 7.89. The van der Waals surface area contributed by atoms with Crippen molar-refractivity contribution < 1.29 is 22.7 Å². The van der Waals surface area contributed by atoms with Gasteiger partial charge >= 0.3 is 0 Å². The number of sulfonamides is 1. The lowest BCUT2D eigenvalue weighted by Gasteiger charge is -2.28. The molecule has 164 valence electrons. The Morgan fingerprint density at radius 2 is 1.90 bits per heavy atom. The van der Waals surface area contributed by atoms with E-state index in [2.05, 4.69) is 10.2 Å². The molecule has 1 amide bonds. The number of amides is 1. The molecule has 2 rings (SSSR count). The van der Waals surface area contributed by atoms with Crippen LogP contribution in [0.1, 0.15) is 33.6 Å². The zero-order valence-corrected chi connectivity index (χ0v) is 18.5. The van der Waals surface area contributed by atoms with Crippen molar-refractivity contribution >= 4 is 27.3 Å². The summed E-state index contributed by atoms with van der Waals surface area (Å²) in [5, 5.41) is 2.91. The van der Waals surface area contributed by atoms with Gasteiger partial charge in [-0.15, -0.1) is 0 Å². The van der Waals surface area contributed by atoms with Gasteiger partial charge in [0.1, 0.15) is 0 Å². The van der Waals surface area contributed by atoms with Crippen molar-refractivity contribution in [2.45, 2.75) is 38.5 Å². The predicted octanol–water partition coefficient (Wildman–Crippen LogP) is 2.31. The Morgan fingerprint density at radius 3 is 2.52 bits per heavy atom. The van der Waals surface area contributed by atoms with Gasteiger partial charge in [0.15, 0.2) is 0 Å². The number of morpholine rings is 1. The number of rotatable bonds is 11. The number of hydrogen-bond donors (Lipinski definition) is 1. The molecule has 0 radical (unpaired) electrons. The van der Waals surface area contributed by atoms with Gasteiger partial charge in [-0.05, 0) is 45.4 Å². The quantitative estimate of drug-likeness (QED) is 0.545. The van der Waals surface area contributed by atoms with E-state index in [1.165, 1.54) is 4.31 Å². The Bertz CT molecular complexity index is 759. The van der Waals surface area contributed by atoms with Crippen molar-refractivity contribution in [3.05, 3.63) is 18.2 Å². The first-order chi connectivity index (χ1) is 13.9. The van der Waals surface area contributed by atoms with E-state index >= 15 is 0 Å². The summed E-state index contributed by atoms with van der Waals surface area (Å²) in [7, 11) is -3.64. The van der Waals surface area contributed by atoms with Crippen LogP contribution in [-0.4, -0.2) is 71.2 Å². The van der Waals surface area contributed by atoms with Crippen LogP contribution >= 0.6 is 0 Å². The van der Waals surface area contributed by atoms with Crippen LogP contribution in [0.3, 0.4) is 0 Å². The molecule has 1 fully saturated rings. The zero-order valence-electron chi connectivity index (χ0n) is 17.6. The van der Waals surface area contributed by atoms with E-state index in [-0.39, 0.29) is 10.8 Å². The van der Waals surface area contributed by atoms with Crippen LogP contribution in [0.4, 0.5) is 11.4 Å². The van der Waals surface area contributed by atoms with Gasteiger partial charge in [0, 0.05) is 45.8 Å². The number of nitrogens with zero attached hydrogens (tertiary/aromatic N) is 2. The summed E-state index contributed by atoms with van der Waals surface area (Å²) in [6.45, 7) is 10.0. The van der Waals surface area contributed by atoms with Crippen molar-refractivity contribution in [2.24, 2.45) is 0 Å². The summed E-state index contributed by atoms with van der Waals surface area (Å²) in [4.78, 5) is 14.7. The molecule has 0 aromatic heterocycles. The van der Waals surface area contributed by atoms with Gasteiger partial charge in [0.2, 0.25) is 15.9 Å². The smallest absolute Gasteiger partial charge is 0.243 e. The fourth-order valence-corrected chi connectivity index (χ4v) is 4.68. The zero-order chi connectivity index (χ0) is 21.3. The second-order valence-corrected chi connectivity index (χ2v) is 8.65. The first-order valence-electron chi connectivity index (χ1n) is 10.3. The normalized spacial score (nSPS) is 15.3. The Balaban J connectivity index is 2.27. The average molecular weight is 428 g/mol. The van der Waals surface area contributed by atoms with Crippen molar-refractivity contribution in [1.29, 1.82) is 0 Å². The number of carbonyl (C=O) groups excluding carboxylic acids is 1. The molecule has 0 unspecified atom stereocenters. The third kappa shape index (κ3) is 6.40. The van der Waals surface area contributed by atoms with Crippen molar-refractivity contribution in [1.82, 2.24) is 4.31 Å². The van der Waals surface area contributed by atoms with Gasteiger partial charge < -0.3 is 19.7 Å². The van der Waals surface area contributed by atoms with Crippen LogP contribution in [0.5, 0.6) is 0 Å². The van der Waals surface area contributed by atoms with E-state index in [1.54, 1.807) is 18.2 Å². The largest absolute Gasteiger partial charge is 0.382 e. The number of anilines is 2. The molecule has 0 aliphatic carbocycles. The van der Waals surface area contributed by atoms with E-state index in [0.29, 0.717) is 58.0 Å². The molecular weight excluding hydrogens is 394 g/mol. The van der Waals surface area contributed by atoms with Gasteiger partial charge in [-0.2, -0.15) is 4.31 Å². The van der Waals surface area contributed by atoms with Gasteiger partial charge in [-0.25, -0.2) is 8.42 Å². The highest BCUT2D eigenvalue weighted by Gasteiger charge is 2.27. The first-order valence-corrected chi connectivity index (χ1v) is 11.7. The number of ether oxygens (including phenoxy) is 2. The number of carbonyl (C=O) groups is 1. The van der Waals surface area contributed by atoms with Crippen molar-refractivity contribution in [2.75, 3.05) is 62.8 Å².